The molecule has 0 unspecified atom stereocenters. The number of ether oxygens (including phenoxy) is 1. The highest BCUT2D eigenvalue weighted by Gasteiger charge is 2.19. The molecule has 1 aliphatic heterocycles. The highest BCUT2D eigenvalue weighted by atomic mass is 16.5. The first-order valence-electron chi connectivity index (χ1n) is 5.58. The number of methoxy groups -OCH3 is 1. The van der Waals surface area contributed by atoms with Crippen LogP contribution in [0, 0.1) is 6.92 Å². The Kier molecular flexibility index (Phi) is 2.30. The number of aromatic nitrogens is 1. The second-order valence-electron chi connectivity index (χ2n) is 4.09. The van der Waals surface area contributed by atoms with Crippen LogP contribution in [0.4, 0.5) is 0 Å². The van der Waals surface area contributed by atoms with E-state index in [9.17, 15) is 4.79 Å². The summed E-state index contributed by atoms with van der Waals surface area (Å²) in [4.78, 5) is 16.4. The van der Waals surface area contributed by atoms with E-state index in [1.807, 2.05) is 24.3 Å². The Morgan fingerprint density at radius 3 is 2.83 bits per heavy atom. The lowest BCUT2D eigenvalue weighted by Crippen LogP contribution is -2.11. The van der Waals surface area contributed by atoms with E-state index in [1.54, 1.807) is 13.0 Å². The van der Waals surface area contributed by atoms with Crippen molar-refractivity contribution in [1.82, 2.24) is 4.98 Å². The largest absolute Gasteiger partial charge is 0.490 e. The lowest BCUT2D eigenvalue weighted by Gasteiger charge is -2.10. The molecule has 0 spiro atoms. The standard InChI is InChI=1S/C14H11NO3/c1-8-7-10-13(14(17-2)12(8)16)18-11-6-4-3-5-9(11)15-10/h3-7H,1-2H3. The van der Waals surface area contributed by atoms with Gasteiger partial charge in [-0.05, 0) is 25.1 Å². The van der Waals surface area contributed by atoms with Crippen LogP contribution in [-0.4, -0.2) is 12.1 Å². The summed E-state index contributed by atoms with van der Waals surface area (Å²) in [6.45, 7) is 1.74. The Labute approximate surface area is 103 Å². The van der Waals surface area contributed by atoms with E-state index in [2.05, 4.69) is 4.98 Å². The number of nitrogens with zero attached hydrogens (tertiary/aromatic N) is 1. The first kappa shape index (κ1) is 10.8. The van der Waals surface area contributed by atoms with Crippen LogP contribution in [0.2, 0.25) is 0 Å². The second kappa shape index (κ2) is 3.84. The molecule has 1 aromatic rings. The SMILES string of the molecule is COc1c2oc3ccccc3nc-2cc(C)c1=O. The van der Waals surface area contributed by atoms with Crippen LogP contribution in [0.1, 0.15) is 5.56 Å². The molecule has 2 aliphatic rings. The molecule has 1 aromatic carbocycles. The molecule has 0 fully saturated rings. The maximum absolute atomic E-state index is 11.9. The summed E-state index contributed by atoms with van der Waals surface area (Å²) < 4.78 is 10.9. The van der Waals surface area contributed by atoms with Gasteiger partial charge in [0.1, 0.15) is 11.2 Å². The summed E-state index contributed by atoms with van der Waals surface area (Å²) in [5, 5.41) is 0. The molecule has 3 rings (SSSR count). The molecule has 0 radical (unpaired) electrons. The van der Waals surface area contributed by atoms with Crippen LogP contribution < -0.4 is 10.2 Å². The van der Waals surface area contributed by atoms with Gasteiger partial charge in [-0.1, -0.05) is 12.1 Å². The Bertz CT molecular complexity index is 761. The molecular formula is C14H11NO3. The van der Waals surface area contributed by atoms with Crippen LogP contribution in [0.5, 0.6) is 5.75 Å². The van der Waals surface area contributed by atoms with E-state index in [-0.39, 0.29) is 11.2 Å². The van der Waals surface area contributed by atoms with Crippen LogP contribution in [0.15, 0.2) is 39.5 Å². The Hall–Kier alpha value is -2.36. The zero-order chi connectivity index (χ0) is 12.7. The molecule has 18 heavy (non-hydrogen) atoms. The smallest absolute Gasteiger partial charge is 0.227 e. The molecule has 4 heteroatoms. The quantitative estimate of drug-likeness (QED) is 0.614. The monoisotopic (exact) mass is 241 g/mol. The molecule has 0 saturated heterocycles. The predicted molar refractivity (Wildman–Crippen MR) is 68.2 cm³/mol. The molecular weight excluding hydrogens is 230 g/mol. The zero-order valence-electron chi connectivity index (χ0n) is 10.1. The van der Waals surface area contributed by atoms with Crippen molar-refractivity contribution in [2.75, 3.05) is 7.11 Å². The molecule has 1 aliphatic carbocycles. The van der Waals surface area contributed by atoms with E-state index < -0.39 is 0 Å². The summed E-state index contributed by atoms with van der Waals surface area (Å²) >= 11 is 0. The van der Waals surface area contributed by atoms with Gasteiger partial charge in [0.15, 0.2) is 11.3 Å². The highest BCUT2D eigenvalue weighted by molar-refractivity contribution is 5.78. The summed E-state index contributed by atoms with van der Waals surface area (Å²) in [5.41, 5.74) is 2.45. The molecule has 0 saturated carbocycles. The van der Waals surface area contributed by atoms with Gasteiger partial charge in [-0.15, -0.1) is 0 Å². The van der Waals surface area contributed by atoms with Gasteiger partial charge in [0.2, 0.25) is 11.2 Å². The van der Waals surface area contributed by atoms with Gasteiger partial charge in [-0.3, -0.25) is 4.79 Å². The topological polar surface area (TPSA) is 52.3 Å². The molecule has 0 amide bonds. The van der Waals surface area contributed by atoms with E-state index in [0.29, 0.717) is 22.6 Å². The maximum Gasteiger partial charge on any atom is 0.227 e. The van der Waals surface area contributed by atoms with E-state index in [1.165, 1.54) is 7.11 Å². The minimum Gasteiger partial charge on any atom is -0.490 e. The molecule has 0 aromatic heterocycles. The lowest BCUT2D eigenvalue weighted by molar-refractivity contribution is 0.398. The third-order valence-corrected chi connectivity index (χ3v) is 2.88. The molecule has 1 heterocycles. The van der Waals surface area contributed by atoms with Crippen molar-refractivity contribution < 1.29 is 9.15 Å². The summed E-state index contributed by atoms with van der Waals surface area (Å²) in [6, 6.07) is 9.15. The Morgan fingerprint density at radius 1 is 1.28 bits per heavy atom. The molecule has 4 nitrogen and oxygen atoms in total. The molecule has 0 atom stereocenters. The number of rotatable bonds is 1. The summed E-state index contributed by atoms with van der Waals surface area (Å²) in [5.74, 6) is 0.607. The lowest BCUT2D eigenvalue weighted by atomic mass is 10.1. The third-order valence-electron chi connectivity index (χ3n) is 2.88. The van der Waals surface area contributed by atoms with Crippen LogP contribution in [0.25, 0.3) is 22.6 Å². The fraction of sp³-hybridized carbons (Fsp3) is 0.143. The zero-order valence-corrected chi connectivity index (χ0v) is 10.1. The van der Waals surface area contributed by atoms with Gasteiger partial charge in [-0.2, -0.15) is 0 Å². The maximum atomic E-state index is 11.9. The van der Waals surface area contributed by atoms with Crippen molar-refractivity contribution in [2.45, 2.75) is 6.92 Å². The number of para-hydroxylation sites is 2. The Balaban J connectivity index is 2.50. The van der Waals surface area contributed by atoms with Crippen molar-refractivity contribution in [2.24, 2.45) is 0 Å². The number of benzene rings is 2. The first-order chi connectivity index (χ1) is 8.70. The van der Waals surface area contributed by atoms with Gasteiger partial charge >= 0.3 is 0 Å². The molecule has 90 valence electrons. The number of hydrogen-bond donors (Lipinski definition) is 0. The van der Waals surface area contributed by atoms with Gasteiger partial charge in [-0.25, -0.2) is 4.98 Å². The van der Waals surface area contributed by atoms with Gasteiger partial charge in [0.05, 0.1) is 7.11 Å². The van der Waals surface area contributed by atoms with Crippen molar-refractivity contribution in [3.8, 4) is 17.2 Å². The fourth-order valence-electron chi connectivity index (χ4n) is 1.98. The minimum atomic E-state index is -0.161. The second-order valence-corrected chi connectivity index (χ2v) is 4.09. The van der Waals surface area contributed by atoms with E-state index in [0.717, 1.165) is 5.52 Å². The fourth-order valence-corrected chi connectivity index (χ4v) is 1.98. The van der Waals surface area contributed by atoms with E-state index >= 15 is 0 Å². The third kappa shape index (κ3) is 1.46. The highest BCUT2D eigenvalue weighted by Crippen LogP contribution is 2.31. The normalized spacial score (nSPS) is 11.0. The summed E-state index contributed by atoms with van der Waals surface area (Å²) in [7, 11) is 1.46. The average molecular weight is 241 g/mol. The van der Waals surface area contributed by atoms with Gasteiger partial charge in [0.25, 0.3) is 0 Å². The van der Waals surface area contributed by atoms with Gasteiger partial charge in [0, 0.05) is 5.56 Å². The van der Waals surface area contributed by atoms with E-state index in [4.69, 9.17) is 9.15 Å². The van der Waals surface area contributed by atoms with Crippen molar-refractivity contribution in [3.05, 3.63) is 46.1 Å². The van der Waals surface area contributed by atoms with Gasteiger partial charge < -0.3 is 9.15 Å². The molecule has 0 N–H and O–H groups in total. The number of aryl methyl sites for hydroxylation is 1. The van der Waals surface area contributed by atoms with Crippen LogP contribution in [0.3, 0.4) is 0 Å². The average Bonchev–Trinajstić information content (AvgIpc) is 2.38. The number of hydrogen-bond acceptors (Lipinski definition) is 4. The predicted octanol–water partition coefficient (Wildman–Crippen LogP) is 2.61. The Morgan fingerprint density at radius 2 is 2.06 bits per heavy atom. The van der Waals surface area contributed by atoms with Crippen molar-refractivity contribution in [3.63, 3.8) is 0 Å². The van der Waals surface area contributed by atoms with Crippen LogP contribution >= 0.6 is 0 Å². The summed E-state index contributed by atoms with van der Waals surface area (Å²) in [6.07, 6.45) is 0. The van der Waals surface area contributed by atoms with Crippen molar-refractivity contribution in [1.29, 1.82) is 0 Å². The van der Waals surface area contributed by atoms with Crippen LogP contribution in [-0.2, 0) is 0 Å². The van der Waals surface area contributed by atoms with Crippen molar-refractivity contribution >= 4 is 11.1 Å². The first-order valence-corrected chi connectivity index (χ1v) is 5.58. The minimum absolute atomic E-state index is 0.161. The number of fused-ring (bicyclic) bond motifs is 2. The molecule has 0 bridgehead atoms.